The van der Waals surface area contributed by atoms with Gasteiger partial charge in [-0.05, 0) is 76.6 Å². The van der Waals surface area contributed by atoms with Gasteiger partial charge in [0.15, 0.2) is 0 Å². The zero-order chi connectivity index (χ0) is 21.3. The van der Waals surface area contributed by atoms with Gasteiger partial charge in [-0.3, -0.25) is 14.3 Å². The smallest absolute Gasteiger partial charge is 0.272 e. The molecule has 6 heteroatoms. The number of nitrogens with zero attached hydrogens (tertiary/aromatic N) is 3. The predicted octanol–water partition coefficient (Wildman–Crippen LogP) is 4.07. The van der Waals surface area contributed by atoms with Crippen LogP contribution in [-0.4, -0.2) is 39.6 Å². The van der Waals surface area contributed by atoms with E-state index in [-0.39, 0.29) is 17.4 Å². The Kier molecular flexibility index (Phi) is 5.67. The van der Waals surface area contributed by atoms with E-state index in [0.29, 0.717) is 23.7 Å². The molecule has 1 N–H and O–H groups in total. The molecule has 1 saturated carbocycles. The average molecular weight is 409 g/mol. The Balaban J connectivity index is 1.42. The molecule has 2 fully saturated rings. The largest absolute Gasteiger partial charge is 0.347 e. The number of hydrogen-bond donors (Lipinski definition) is 1. The van der Waals surface area contributed by atoms with E-state index in [4.69, 9.17) is 0 Å². The number of amides is 2. The maximum atomic E-state index is 12.8. The van der Waals surface area contributed by atoms with Gasteiger partial charge >= 0.3 is 0 Å². The van der Waals surface area contributed by atoms with E-state index < -0.39 is 0 Å². The summed E-state index contributed by atoms with van der Waals surface area (Å²) in [5.41, 5.74) is 3.08. The number of nitrogens with one attached hydrogen (secondary N) is 1. The lowest BCUT2D eigenvalue weighted by Gasteiger charge is -2.26. The Morgan fingerprint density at radius 1 is 1.10 bits per heavy atom. The minimum atomic E-state index is -0.173. The molecule has 1 aliphatic heterocycles. The Morgan fingerprint density at radius 2 is 1.83 bits per heavy atom. The fourth-order valence-electron chi connectivity index (χ4n) is 4.08. The van der Waals surface area contributed by atoms with Crippen LogP contribution in [0.25, 0.3) is 0 Å². The molecule has 0 bridgehead atoms. The molecule has 1 aromatic carbocycles. The van der Waals surface area contributed by atoms with Crippen LogP contribution in [0.2, 0.25) is 0 Å². The first-order valence-electron chi connectivity index (χ1n) is 11.1. The zero-order valence-corrected chi connectivity index (χ0v) is 18.3. The predicted molar refractivity (Wildman–Crippen MR) is 117 cm³/mol. The zero-order valence-electron chi connectivity index (χ0n) is 18.3. The van der Waals surface area contributed by atoms with Crippen LogP contribution in [0.4, 0.5) is 0 Å². The van der Waals surface area contributed by atoms with Crippen LogP contribution in [0.3, 0.4) is 0 Å². The molecule has 6 nitrogen and oxygen atoms in total. The van der Waals surface area contributed by atoms with E-state index >= 15 is 0 Å². The molecule has 0 radical (unpaired) electrons. The van der Waals surface area contributed by atoms with Crippen molar-refractivity contribution in [1.82, 2.24) is 20.0 Å². The lowest BCUT2D eigenvalue weighted by atomic mass is 10.1. The molecule has 2 aromatic rings. The molecular weight excluding hydrogens is 376 g/mol. The van der Waals surface area contributed by atoms with Crippen LogP contribution < -0.4 is 5.32 Å². The summed E-state index contributed by atoms with van der Waals surface area (Å²) in [6.07, 6.45) is 5.68. The van der Waals surface area contributed by atoms with Gasteiger partial charge < -0.3 is 10.2 Å². The number of carbonyl (C=O) groups is 2. The van der Waals surface area contributed by atoms with Crippen LogP contribution in [-0.2, 0) is 12.1 Å². The standard InChI is InChI=1S/C24H32N4O2/c1-24(2,3)28-21(18-10-11-18)15-20(26-28)22(29)25-16-17-8-7-9-19(14-17)23(30)27-12-5-4-6-13-27/h7-9,14-15,18H,4-6,10-13,16H2,1-3H3,(H,25,29). The highest BCUT2D eigenvalue weighted by Crippen LogP contribution is 2.41. The van der Waals surface area contributed by atoms with E-state index in [1.54, 1.807) is 0 Å². The second-order valence-corrected chi connectivity index (χ2v) is 9.55. The molecule has 0 atom stereocenters. The summed E-state index contributed by atoms with van der Waals surface area (Å²) >= 11 is 0. The van der Waals surface area contributed by atoms with Gasteiger partial charge in [-0.2, -0.15) is 5.10 Å². The van der Waals surface area contributed by atoms with E-state index in [2.05, 4.69) is 31.2 Å². The molecule has 0 spiro atoms. The van der Waals surface area contributed by atoms with Gasteiger partial charge in [-0.25, -0.2) is 0 Å². The molecule has 1 aliphatic carbocycles. The minimum absolute atomic E-state index is 0.0841. The van der Waals surface area contributed by atoms with Gasteiger partial charge in [0.05, 0.1) is 5.54 Å². The van der Waals surface area contributed by atoms with Crippen molar-refractivity contribution in [3.05, 3.63) is 52.8 Å². The lowest BCUT2D eigenvalue weighted by Crippen LogP contribution is -2.35. The summed E-state index contributed by atoms with van der Waals surface area (Å²) in [6.45, 7) is 8.37. The molecular formula is C24H32N4O2. The van der Waals surface area contributed by atoms with Gasteiger partial charge in [0.2, 0.25) is 0 Å². The van der Waals surface area contributed by atoms with Crippen LogP contribution >= 0.6 is 0 Å². The molecule has 1 aromatic heterocycles. The summed E-state index contributed by atoms with van der Waals surface area (Å²) in [4.78, 5) is 27.4. The van der Waals surface area contributed by atoms with Crippen molar-refractivity contribution in [2.75, 3.05) is 13.1 Å². The van der Waals surface area contributed by atoms with Crippen LogP contribution in [0, 0.1) is 0 Å². The number of hydrogen-bond acceptors (Lipinski definition) is 3. The third kappa shape index (κ3) is 4.58. The van der Waals surface area contributed by atoms with Crippen molar-refractivity contribution < 1.29 is 9.59 Å². The molecule has 4 rings (SSSR count). The van der Waals surface area contributed by atoms with Gasteiger partial charge in [0.1, 0.15) is 5.69 Å². The third-order valence-electron chi connectivity index (χ3n) is 5.87. The van der Waals surface area contributed by atoms with Crippen molar-refractivity contribution in [1.29, 1.82) is 0 Å². The van der Waals surface area contributed by atoms with E-state index in [9.17, 15) is 9.59 Å². The monoisotopic (exact) mass is 408 g/mol. The Labute approximate surface area is 178 Å². The summed E-state index contributed by atoms with van der Waals surface area (Å²) in [5, 5.41) is 7.58. The van der Waals surface area contributed by atoms with Crippen LogP contribution in [0.15, 0.2) is 30.3 Å². The van der Waals surface area contributed by atoms with Gasteiger partial charge in [0.25, 0.3) is 11.8 Å². The first-order chi connectivity index (χ1) is 14.3. The quantitative estimate of drug-likeness (QED) is 0.811. The highest BCUT2D eigenvalue weighted by Gasteiger charge is 2.32. The summed E-state index contributed by atoms with van der Waals surface area (Å²) < 4.78 is 2.00. The summed E-state index contributed by atoms with van der Waals surface area (Å²) in [7, 11) is 0. The Morgan fingerprint density at radius 3 is 2.50 bits per heavy atom. The van der Waals surface area contributed by atoms with Gasteiger partial charge in [-0.1, -0.05) is 12.1 Å². The average Bonchev–Trinajstić information content (AvgIpc) is 3.49. The maximum Gasteiger partial charge on any atom is 0.272 e. The van der Waals surface area contributed by atoms with E-state index in [1.807, 2.05) is 39.9 Å². The van der Waals surface area contributed by atoms with Crippen molar-refractivity contribution in [2.45, 2.75) is 70.9 Å². The highest BCUT2D eigenvalue weighted by atomic mass is 16.2. The second-order valence-electron chi connectivity index (χ2n) is 9.55. The molecule has 30 heavy (non-hydrogen) atoms. The molecule has 1 saturated heterocycles. The van der Waals surface area contributed by atoms with Crippen LogP contribution in [0.1, 0.15) is 90.9 Å². The third-order valence-corrected chi connectivity index (χ3v) is 5.87. The second kappa shape index (κ2) is 8.25. The molecule has 160 valence electrons. The maximum absolute atomic E-state index is 12.8. The number of carbonyl (C=O) groups excluding carboxylic acids is 2. The minimum Gasteiger partial charge on any atom is -0.347 e. The van der Waals surface area contributed by atoms with Crippen LogP contribution in [0.5, 0.6) is 0 Å². The van der Waals surface area contributed by atoms with Crippen molar-refractivity contribution in [2.24, 2.45) is 0 Å². The fourth-order valence-corrected chi connectivity index (χ4v) is 4.08. The van der Waals surface area contributed by atoms with E-state index in [0.717, 1.165) is 37.2 Å². The van der Waals surface area contributed by atoms with Crippen molar-refractivity contribution in [3.63, 3.8) is 0 Å². The normalized spacial score (nSPS) is 17.1. The number of rotatable bonds is 5. The van der Waals surface area contributed by atoms with Crippen molar-refractivity contribution in [3.8, 4) is 0 Å². The molecule has 2 amide bonds. The molecule has 0 unspecified atom stereocenters. The number of piperidine rings is 1. The van der Waals surface area contributed by atoms with Gasteiger partial charge in [0, 0.05) is 36.8 Å². The topological polar surface area (TPSA) is 67.2 Å². The summed E-state index contributed by atoms with van der Waals surface area (Å²) in [6, 6.07) is 9.51. The molecule has 2 aliphatic rings. The first kappa shape index (κ1) is 20.6. The summed E-state index contributed by atoms with van der Waals surface area (Å²) in [5.74, 6) is 0.435. The lowest BCUT2D eigenvalue weighted by molar-refractivity contribution is 0.0724. The number of likely N-dealkylation sites (tertiary alicyclic amines) is 1. The molecule has 2 heterocycles. The van der Waals surface area contributed by atoms with Crippen molar-refractivity contribution >= 4 is 11.8 Å². The van der Waals surface area contributed by atoms with Gasteiger partial charge in [-0.15, -0.1) is 0 Å². The number of aromatic nitrogens is 2. The number of benzene rings is 1. The highest BCUT2D eigenvalue weighted by molar-refractivity contribution is 5.94. The Hall–Kier alpha value is -2.63. The first-order valence-corrected chi connectivity index (χ1v) is 11.1. The van der Waals surface area contributed by atoms with E-state index in [1.165, 1.54) is 19.3 Å². The Bertz CT molecular complexity index is 931. The fraction of sp³-hybridized carbons (Fsp3) is 0.542. The SMILES string of the molecule is CC(C)(C)n1nc(C(=O)NCc2cccc(C(=O)N3CCCCC3)c2)cc1C1CC1.